The molecule has 6 heteroatoms. The van der Waals surface area contributed by atoms with Crippen LogP contribution in [0.2, 0.25) is 0 Å². The summed E-state index contributed by atoms with van der Waals surface area (Å²) in [6.07, 6.45) is 7.08. The van der Waals surface area contributed by atoms with Crippen molar-refractivity contribution in [3.8, 4) is 11.3 Å². The van der Waals surface area contributed by atoms with Crippen molar-refractivity contribution in [3.05, 3.63) is 105 Å². The van der Waals surface area contributed by atoms with E-state index in [0.29, 0.717) is 17.9 Å². The first kappa shape index (κ1) is 23.9. The normalized spacial score (nSPS) is 13.9. The standard InChI is InChI=1S/C30H28N2O3S/c33-29(24-12-10-22(11-13-24)21-4-2-1-3-5-21)31-26-16-14-23(15-17-26)27-19-36-28(32-27)18-20-6-8-25(9-7-20)30(34)35/h6-17,19,21H,1-5,18H2,(H,31,33)(H,34,35). The maximum atomic E-state index is 12.7. The molecule has 1 heterocycles. The summed E-state index contributed by atoms with van der Waals surface area (Å²) in [6.45, 7) is 0. The fraction of sp³-hybridized carbons (Fsp3) is 0.233. The number of hydrogen-bond donors (Lipinski definition) is 2. The van der Waals surface area contributed by atoms with E-state index in [2.05, 4.69) is 17.4 Å². The smallest absolute Gasteiger partial charge is 0.335 e. The van der Waals surface area contributed by atoms with Gasteiger partial charge in [0, 0.05) is 28.6 Å². The molecule has 2 N–H and O–H groups in total. The number of thiazole rings is 1. The Morgan fingerprint density at radius 3 is 2.19 bits per heavy atom. The zero-order valence-corrected chi connectivity index (χ0v) is 20.8. The summed E-state index contributed by atoms with van der Waals surface area (Å²) in [5.41, 5.74) is 5.92. The number of anilines is 1. The molecule has 1 aliphatic rings. The van der Waals surface area contributed by atoms with Gasteiger partial charge < -0.3 is 10.4 Å². The van der Waals surface area contributed by atoms with Gasteiger partial charge in [0.2, 0.25) is 0 Å². The summed E-state index contributed by atoms with van der Waals surface area (Å²) in [5, 5.41) is 15.0. The van der Waals surface area contributed by atoms with E-state index >= 15 is 0 Å². The number of hydrogen-bond acceptors (Lipinski definition) is 4. The third-order valence-electron chi connectivity index (χ3n) is 6.80. The summed E-state index contributed by atoms with van der Waals surface area (Å²) >= 11 is 1.58. The fourth-order valence-corrected chi connectivity index (χ4v) is 5.57. The Kier molecular flexibility index (Phi) is 7.23. The molecule has 1 aliphatic carbocycles. The van der Waals surface area contributed by atoms with E-state index in [9.17, 15) is 9.59 Å². The molecule has 4 aromatic rings. The topological polar surface area (TPSA) is 79.3 Å². The molecule has 5 rings (SSSR count). The number of carbonyl (C=O) groups excluding carboxylic acids is 1. The molecule has 3 aromatic carbocycles. The number of carboxylic acids is 1. The van der Waals surface area contributed by atoms with Gasteiger partial charge in [-0.25, -0.2) is 9.78 Å². The Hall–Kier alpha value is -3.77. The molecule has 5 nitrogen and oxygen atoms in total. The molecule has 0 radical (unpaired) electrons. The molecule has 0 bridgehead atoms. The van der Waals surface area contributed by atoms with E-state index in [1.165, 1.54) is 37.7 Å². The van der Waals surface area contributed by atoms with Crippen molar-refractivity contribution in [2.24, 2.45) is 0 Å². The van der Waals surface area contributed by atoms with Crippen LogP contribution in [0, 0.1) is 0 Å². The van der Waals surface area contributed by atoms with Crippen molar-refractivity contribution < 1.29 is 14.7 Å². The van der Waals surface area contributed by atoms with Gasteiger partial charge in [-0.3, -0.25) is 4.79 Å². The second-order valence-corrected chi connectivity index (χ2v) is 10.2. The third kappa shape index (κ3) is 5.71. The van der Waals surface area contributed by atoms with Gasteiger partial charge in [-0.1, -0.05) is 55.7 Å². The fourth-order valence-electron chi connectivity index (χ4n) is 4.73. The monoisotopic (exact) mass is 496 g/mol. The zero-order chi connectivity index (χ0) is 24.9. The molecular weight excluding hydrogens is 468 g/mol. The van der Waals surface area contributed by atoms with Crippen molar-refractivity contribution in [1.82, 2.24) is 4.98 Å². The summed E-state index contributed by atoms with van der Waals surface area (Å²) in [5.74, 6) is -0.403. The zero-order valence-electron chi connectivity index (χ0n) is 19.9. The van der Waals surface area contributed by atoms with Gasteiger partial charge in [0.15, 0.2) is 0 Å². The Morgan fingerprint density at radius 1 is 0.861 bits per heavy atom. The predicted molar refractivity (Wildman–Crippen MR) is 144 cm³/mol. The van der Waals surface area contributed by atoms with Crippen LogP contribution in [0.25, 0.3) is 11.3 Å². The number of benzene rings is 3. The van der Waals surface area contributed by atoms with Gasteiger partial charge in [-0.2, -0.15) is 0 Å². The first-order valence-electron chi connectivity index (χ1n) is 12.3. The van der Waals surface area contributed by atoms with Crippen molar-refractivity contribution in [1.29, 1.82) is 0 Å². The van der Waals surface area contributed by atoms with Crippen molar-refractivity contribution in [2.75, 3.05) is 5.32 Å². The molecule has 0 atom stereocenters. The molecular formula is C30H28N2O3S. The number of amides is 1. The summed E-state index contributed by atoms with van der Waals surface area (Å²) < 4.78 is 0. The predicted octanol–water partition coefficient (Wildman–Crippen LogP) is 7.40. The number of aromatic nitrogens is 1. The second kappa shape index (κ2) is 10.9. The second-order valence-electron chi connectivity index (χ2n) is 9.29. The van der Waals surface area contributed by atoms with Crippen LogP contribution in [0.1, 0.15) is 74.9 Å². The van der Waals surface area contributed by atoms with E-state index in [1.807, 2.05) is 53.9 Å². The van der Waals surface area contributed by atoms with Crippen LogP contribution in [0.15, 0.2) is 78.2 Å². The molecule has 1 aromatic heterocycles. The minimum absolute atomic E-state index is 0.109. The highest BCUT2D eigenvalue weighted by Crippen LogP contribution is 2.32. The number of rotatable bonds is 7. The summed E-state index contributed by atoms with van der Waals surface area (Å²) in [7, 11) is 0. The molecule has 0 unspecified atom stereocenters. The lowest BCUT2D eigenvalue weighted by Gasteiger charge is -2.22. The van der Waals surface area contributed by atoms with Crippen molar-refractivity contribution >= 4 is 28.9 Å². The Balaban J connectivity index is 1.19. The van der Waals surface area contributed by atoms with E-state index in [0.717, 1.165) is 27.5 Å². The lowest BCUT2D eigenvalue weighted by Crippen LogP contribution is -2.12. The largest absolute Gasteiger partial charge is 0.478 e. The van der Waals surface area contributed by atoms with Gasteiger partial charge in [-0.05, 0) is 66.3 Å². The number of aromatic carboxylic acids is 1. The maximum absolute atomic E-state index is 12.7. The van der Waals surface area contributed by atoms with Crippen LogP contribution in [0.4, 0.5) is 5.69 Å². The van der Waals surface area contributed by atoms with Crippen LogP contribution in [0.3, 0.4) is 0 Å². The minimum atomic E-state index is -0.926. The SMILES string of the molecule is O=C(O)c1ccc(Cc2nc(-c3ccc(NC(=O)c4ccc(C5CCCCC5)cc4)cc3)cs2)cc1. The molecule has 182 valence electrons. The highest BCUT2D eigenvalue weighted by atomic mass is 32.1. The highest BCUT2D eigenvalue weighted by Gasteiger charge is 2.16. The quantitative estimate of drug-likeness (QED) is 0.279. The molecule has 36 heavy (non-hydrogen) atoms. The first-order chi connectivity index (χ1) is 17.5. The van der Waals surface area contributed by atoms with Crippen LogP contribution in [0.5, 0.6) is 0 Å². The van der Waals surface area contributed by atoms with Crippen LogP contribution >= 0.6 is 11.3 Å². The number of nitrogens with one attached hydrogen (secondary N) is 1. The van der Waals surface area contributed by atoms with Crippen LogP contribution in [-0.2, 0) is 6.42 Å². The van der Waals surface area contributed by atoms with Gasteiger partial charge in [0.05, 0.1) is 16.3 Å². The van der Waals surface area contributed by atoms with Gasteiger partial charge in [-0.15, -0.1) is 11.3 Å². The molecule has 0 aliphatic heterocycles. The molecule has 0 spiro atoms. The maximum Gasteiger partial charge on any atom is 0.335 e. The Morgan fingerprint density at radius 2 is 1.53 bits per heavy atom. The van der Waals surface area contributed by atoms with Gasteiger partial charge in [0.1, 0.15) is 0 Å². The van der Waals surface area contributed by atoms with Gasteiger partial charge >= 0.3 is 5.97 Å². The lowest BCUT2D eigenvalue weighted by molar-refractivity contribution is 0.0696. The van der Waals surface area contributed by atoms with E-state index < -0.39 is 5.97 Å². The number of carbonyl (C=O) groups is 2. The van der Waals surface area contributed by atoms with E-state index in [-0.39, 0.29) is 11.5 Å². The Labute approximate surface area is 214 Å². The number of carboxylic acid groups (broad SMARTS) is 1. The highest BCUT2D eigenvalue weighted by molar-refractivity contribution is 7.10. The number of nitrogens with zero attached hydrogens (tertiary/aromatic N) is 1. The third-order valence-corrected chi connectivity index (χ3v) is 7.64. The van der Waals surface area contributed by atoms with Crippen LogP contribution < -0.4 is 5.32 Å². The molecule has 1 amide bonds. The van der Waals surface area contributed by atoms with Gasteiger partial charge in [0.25, 0.3) is 5.91 Å². The summed E-state index contributed by atoms with van der Waals surface area (Å²) in [4.78, 5) is 28.5. The summed E-state index contributed by atoms with van der Waals surface area (Å²) in [6, 6.07) is 22.7. The average Bonchev–Trinajstić information content (AvgIpc) is 3.38. The first-order valence-corrected chi connectivity index (χ1v) is 13.2. The van der Waals surface area contributed by atoms with Crippen LogP contribution in [-0.4, -0.2) is 22.0 Å². The molecule has 1 saturated carbocycles. The van der Waals surface area contributed by atoms with E-state index in [4.69, 9.17) is 10.1 Å². The van der Waals surface area contributed by atoms with Crippen molar-refractivity contribution in [3.63, 3.8) is 0 Å². The van der Waals surface area contributed by atoms with Crippen molar-refractivity contribution in [2.45, 2.75) is 44.4 Å². The Bertz CT molecular complexity index is 1340. The van der Waals surface area contributed by atoms with E-state index in [1.54, 1.807) is 23.5 Å². The minimum Gasteiger partial charge on any atom is -0.478 e. The lowest BCUT2D eigenvalue weighted by atomic mass is 9.84. The molecule has 1 fully saturated rings. The average molecular weight is 497 g/mol. The molecule has 0 saturated heterocycles.